The van der Waals surface area contributed by atoms with Gasteiger partial charge in [-0.05, 0) is 91.3 Å². The molecule has 0 radical (unpaired) electrons. The number of nitrogens with one attached hydrogen (secondary N) is 6. The van der Waals surface area contributed by atoms with E-state index in [4.69, 9.17) is 23.9 Å². The van der Waals surface area contributed by atoms with Crippen LogP contribution in [0, 0.1) is 11.3 Å². The van der Waals surface area contributed by atoms with Crippen molar-refractivity contribution in [2.45, 2.75) is 156 Å². The summed E-state index contributed by atoms with van der Waals surface area (Å²) in [4.78, 5) is 87.3. The number of likely N-dealkylation sites (tertiary alicyclic amines) is 1. The Hall–Kier alpha value is -4.08. The SMILES string of the molecule is C=N.CC.CC(C)C[C@H](NC(=O)[C@@H]1CCCN1C(=O)CCOC(C)(C)CCOC(C)(C)C)C(=O)N[C@@H](Cc1cnc[nH]1)C(=O)N[C@@H](CO)C(=O)NC[C@@H](C)OP(=O)(O)OCCc1cccs1. The molecule has 0 bridgehead atoms. The number of amides is 5. The number of rotatable bonds is 27. The number of imidazole rings is 1. The monoisotopic (exact) mass is 973 g/mol. The fourth-order valence-electron chi connectivity index (χ4n) is 6.49. The van der Waals surface area contributed by atoms with Crippen molar-refractivity contribution < 1.29 is 57.1 Å². The normalized spacial score (nSPS) is 16.6. The summed E-state index contributed by atoms with van der Waals surface area (Å²) in [5, 5.41) is 27.9. The van der Waals surface area contributed by atoms with Gasteiger partial charge in [-0.2, -0.15) is 0 Å². The molecule has 3 rings (SSSR count). The predicted octanol–water partition coefficient (Wildman–Crippen LogP) is 4.06. The van der Waals surface area contributed by atoms with Crippen molar-refractivity contribution in [3.05, 3.63) is 40.6 Å². The first-order chi connectivity index (χ1) is 31.1. The smallest absolute Gasteiger partial charge is 0.394 e. The summed E-state index contributed by atoms with van der Waals surface area (Å²) in [5.74, 6) is -3.11. The molecule has 66 heavy (non-hydrogen) atoms. The Morgan fingerprint density at radius 3 is 2.24 bits per heavy atom. The van der Waals surface area contributed by atoms with E-state index in [1.54, 1.807) is 0 Å². The van der Waals surface area contributed by atoms with E-state index >= 15 is 0 Å². The summed E-state index contributed by atoms with van der Waals surface area (Å²) in [6.45, 7) is 21.4. The van der Waals surface area contributed by atoms with Gasteiger partial charge in [-0.1, -0.05) is 33.8 Å². The summed E-state index contributed by atoms with van der Waals surface area (Å²) in [5.41, 5.74) is -0.321. The molecule has 1 fully saturated rings. The van der Waals surface area contributed by atoms with Crippen LogP contribution in [-0.4, -0.2) is 142 Å². The van der Waals surface area contributed by atoms with Crippen molar-refractivity contribution in [1.29, 1.82) is 5.41 Å². The first-order valence-corrected chi connectivity index (χ1v) is 24.8. The van der Waals surface area contributed by atoms with Crippen LogP contribution in [0.15, 0.2) is 30.0 Å². The average Bonchev–Trinajstić information content (AvgIpc) is 4.06. The minimum absolute atomic E-state index is 0.0578. The maximum atomic E-state index is 13.9. The van der Waals surface area contributed by atoms with Crippen LogP contribution >= 0.6 is 19.2 Å². The van der Waals surface area contributed by atoms with Gasteiger partial charge >= 0.3 is 7.82 Å². The standard InChI is InChI=1S/C41H68N7O12PS.C2H6.CH3N/c1-27(2)21-31(46-39(54)34-12-9-16-48(34)35(50)14-17-58-41(7,8)15-19-57-40(4,5)6)37(52)45-32(22-29-24-42-26-44-29)38(53)47-33(25-49)36(51)43-23-28(3)60-61(55,56)59-18-13-30-11-10-20-62-30;2*1-2/h10-11,20,24,26-28,31-34,49H,9,12-19,21-23,25H2,1-8H3,(H,42,44)(H,43,51)(H,45,52)(H,46,54)(H,47,53)(H,55,56);1-2H3;2H,1H2/t28-,31+,32+,33+,34+;;/m1../s1. The number of carbonyl (C=O) groups excluding carboxylic acids is 5. The Morgan fingerprint density at radius 2 is 1.65 bits per heavy atom. The molecule has 8 N–H and O–H groups in total. The fraction of sp³-hybridized carbons (Fsp3) is 0.705. The van der Waals surface area contributed by atoms with Crippen molar-refractivity contribution in [2.75, 3.05) is 39.5 Å². The number of aromatic amines is 1. The first kappa shape index (κ1) is 59.9. The highest BCUT2D eigenvalue weighted by molar-refractivity contribution is 7.47. The van der Waals surface area contributed by atoms with Crippen LogP contribution in [0.2, 0.25) is 0 Å². The summed E-state index contributed by atoms with van der Waals surface area (Å²) in [7, 11) is -4.46. The van der Waals surface area contributed by atoms with Crippen molar-refractivity contribution in [3.8, 4) is 0 Å². The van der Waals surface area contributed by atoms with Gasteiger partial charge in [-0.25, -0.2) is 9.55 Å². The van der Waals surface area contributed by atoms with E-state index in [1.165, 1.54) is 35.7 Å². The van der Waals surface area contributed by atoms with E-state index in [2.05, 4.69) is 38.0 Å². The molecule has 2 aromatic rings. The Bertz CT molecular complexity index is 1780. The lowest BCUT2D eigenvalue weighted by atomic mass is 10.0. The van der Waals surface area contributed by atoms with Gasteiger partial charge in [0, 0.05) is 49.3 Å². The van der Waals surface area contributed by atoms with Gasteiger partial charge in [0.05, 0.1) is 49.9 Å². The van der Waals surface area contributed by atoms with E-state index in [0.29, 0.717) is 44.5 Å². The second-order valence-corrected chi connectivity index (χ2v) is 19.8. The van der Waals surface area contributed by atoms with Gasteiger partial charge in [0.15, 0.2) is 0 Å². The fourth-order valence-corrected chi connectivity index (χ4v) is 8.09. The van der Waals surface area contributed by atoms with Gasteiger partial charge in [0.1, 0.15) is 24.2 Å². The molecule has 0 saturated carbocycles. The number of H-pyrrole nitrogens is 1. The minimum Gasteiger partial charge on any atom is -0.394 e. The predicted molar refractivity (Wildman–Crippen MR) is 253 cm³/mol. The summed E-state index contributed by atoms with van der Waals surface area (Å²) < 4.78 is 34.4. The zero-order valence-electron chi connectivity index (χ0n) is 40.5. The minimum atomic E-state index is -4.46. The zero-order valence-corrected chi connectivity index (χ0v) is 42.2. The molecule has 3 heterocycles. The van der Waals surface area contributed by atoms with Gasteiger partial charge in [0.2, 0.25) is 29.5 Å². The third kappa shape index (κ3) is 23.6. The van der Waals surface area contributed by atoms with Gasteiger partial charge in [-0.15, -0.1) is 11.3 Å². The molecule has 20 nitrogen and oxygen atoms in total. The van der Waals surface area contributed by atoms with Crippen molar-refractivity contribution in [2.24, 2.45) is 5.92 Å². The van der Waals surface area contributed by atoms with E-state index in [9.17, 15) is 38.5 Å². The molecule has 0 aliphatic carbocycles. The lowest BCUT2D eigenvalue weighted by molar-refractivity contribution is -0.141. The van der Waals surface area contributed by atoms with E-state index < -0.39 is 73.9 Å². The number of thiophene rings is 1. The third-order valence-electron chi connectivity index (χ3n) is 9.75. The van der Waals surface area contributed by atoms with Crippen LogP contribution in [-0.2, 0) is 59.9 Å². The summed E-state index contributed by atoms with van der Waals surface area (Å²) >= 11 is 1.48. The average molecular weight is 973 g/mol. The van der Waals surface area contributed by atoms with E-state index in [0.717, 1.165) is 4.88 Å². The lowest BCUT2D eigenvalue weighted by Gasteiger charge is -2.29. The Balaban J connectivity index is 0.00000529. The molecule has 1 unspecified atom stereocenters. The van der Waals surface area contributed by atoms with Crippen LogP contribution < -0.4 is 21.3 Å². The number of aliphatic hydroxyl groups is 1. The number of phosphoric acid groups is 1. The highest BCUT2D eigenvalue weighted by atomic mass is 32.1. The van der Waals surface area contributed by atoms with Crippen molar-refractivity contribution in [3.63, 3.8) is 0 Å². The molecule has 6 atom stereocenters. The quantitative estimate of drug-likeness (QED) is 0.0464. The van der Waals surface area contributed by atoms with Crippen LogP contribution in [0.1, 0.15) is 112 Å². The highest BCUT2D eigenvalue weighted by Gasteiger charge is 2.37. The van der Waals surface area contributed by atoms with Crippen molar-refractivity contribution in [1.82, 2.24) is 36.1 Å². The number of ether oxygens (including phenoxy) is 2. The lowest BCUT2D eigenvalue weighted by Crippen LogP contribution is -2.59. The van der Waals surface area contributed by atoms with Crippen LogP contribution in [0.5, 0.6) is 0 Å². The number of carbonyl (C=O) groups is 5. The van der Waals surface area contributed by atoms with Gasteiger partial charge in [-0.3, -0.25) is 33.0 Å². The number of nitrogens with zero attached hydrogens (tertiary/aromatic N) is 2. The zero-order chi connectivity index (χ0) is 50.1. The number of hydrogen-bond acceptors (Lipinski definition) is 14. The molecule has 1 aliphatic rings. The molecule has 2 aromatic heterocycles. The van der Waals surface area contributed by atoms with Gasteiger partial charge < -0.3 is 56.0 Å². The highest BCUT2D eigenvalue weighted by Crippen LogP contribution is 2.44. The molecule has 5 amide bonds. The Morgan fingerprint density at radius 1 is 0.985 bits per heavy atom. The second-order valence-electron chi connectivity index (χ2n) is 17.4. The van der Waals surface area contributed by atoms with Gasteiger partial charge in [0.25, 0.3) is 0 Å². The molecule has 1 saturated heterocycles. The topological polar surface area (TPSA) is 284 Å². The molecule has 0 aromatic carbocycles. The molecule has 22 heteroatoms. The number of aromatic nitrogens is 2. The largest absolute Gasteiger partial charge is 0.472 e. The third-order valence-corrected chi connectivity index (χ3v) is 11.8. The first-order valence-electron chi connectivity index (χ1n) is 22.5. The van der Waals surface area contributed by atoms with Crippen LogP contribution in [0.25, 0.3) is 0 Å². The molecular formula is C44H77N8O12PS. The molecule has 1 aliphatic heterocycles. The summed E-state index contributed by atoms with van der Waals surface area (Å²) in [6.07, 6.45) is 4.12. The maximum Gasteiger partial charge on any atom is 0.472 e. The molecule has 376 valence electrons. The number of phosphoric ester groups is 1. The van der Waals surface area contributed by atoms with E-state index in [-0.39, 0.29) is 56.4 Å². The maximum absolute atomic E-state index is 13.9. The summed E-state index contributed by atoms with van der Waals surface area (Å²) in [6, 6.07) is -0.934. The second kappa shape index (κ2) is 30.3. The number of aliphatic hydroxyl groups excluding tert-OH is 1. The molecule has 0 spiro atoms. The van der Waals surface area contributed by atoms with Crippen LogP contribution in [0.3, 0.4) is 0 Å². The Labute approximate surface area is 394 Å². The molecular weight excluding hydrogens is 896 g/mol. The number of hydrogen-bond donors (Lipinski definition) is 8. The van der Waals surface area contributed by atoms with Crippen molar-refractivity contribution >= 4 is 55.4 Å². The van der Waals surface area contributed by atoms with Crippen LogP contribution in [0.4, 0.5) is 0 Å². The van der Waals surface area contributed by atoms with E-state index in [1.807, 2.05) is 79.8 Å². The Kier molecular flexibility index (Phi) is 27.5.